The summed E-state index contributed by atoms with van der Waals surface area (Å²) in [5.41, 5.74) is 3.57. The van der Waals surface area contributed by atoms with E-state index in [4.69, 9.17) is 4.42 Å². The Bertz CT molecular complexity index is 858. The number of aliphatic hydroxyl groups excluding tert-OH is 1. The van der Waals surface area contributed by atoms with Gasteiger partial charge in [-0.25, -0.2) is 0 Å². The molecule has 1 atom stereocenters. The zero-order valence-corrected chi connectivity index (χ0v) is 13.2. The van der Waals surface area contributed by atoms with Crippen LogP contribution in [0.1, 0.15) is 68.5 Å². The highest BCUT2D eigenvalue weighted by Crippen LogP contribution is 2.42. The lowest BCUT2D eigenvalue weighted by atomic mass is 9.68. The lowest BCUT2D eigenvalue weighted by Crippen LogP contribution is -2.34. The van der Waals surface area contributed by atoms with Crippen molar-refractivity contribution in [1.29, 1.82) is 0 Å². The van der Waals surface area contributed by atoms with Crippen molar-refractivity contribution < 1.29 is 19.1 Å². The van der Waals surface area contributed by atoms with Crippen molar-refractivity contribution in [1.82, 2.24) is 0 Å². The van der Waals surface area contributed by atoms with E-state index in [0.717, 1.165) is 30.4 Å². The van der Waals surface area contributed by atoms with Crippen LogP contribution in [0.25, 0.3) is 0 Å². The van der Waals surface area contributed by atoms with Crippen LogP contribution in [-0.4, -0.2) is 23.3 Å². The molecule has 4 rings (SSSR count). The molecule has 2 aromatic rings. The van der Waals surface area contributed by atoms with Gasteiger partial charge in [0, 0.05) is 16.5 Å². The summed E-state index contributed by atoms with van der Waals surface area (Å²) in [6.45, 7) is 3.82. The zero-order chi connectivity index (χ0) is 16.4. The molecule has 0 unspecified atom stereocenters. The second-order valence-electron chi connectivity index (χ2n) is 6.87. The summed E-state index contributed by atoms with van der Waals surface area (Å²) in [6.07, 6.45) is 3.99. The van der Waals surface area contributed by atoms with Crippen LogP contribution < -0.4 is 0 Å². The lowest BCUT2D eigenvalue weighted by molar-refractivity contribution is 0.0958. The van der Waals surface area contributed by atoms with Crippen LogP contribution in [-0.2, 0) is 11.8 Å². The molecule has 0 fully saturated rings. The van der Waals surface area contributed by atoms with Crippen LogP contribution in [0.5, 0.6) is 0 Å². The highest BCUT2D eigenvalue weighted by atomic mass is 16.3. The molecule has 0 radical (unpaired) electrons. The largest absolute Gasteiger partial charge is 0.460 e. The van der Waals surface area contributed by atoms with Crippen LogP contribution in [0.3, 0.4) is 0 Å². The van der Waals surface area contributed by atoms with Gasteiger partial charge >= 0.3 is 0 Å². The van der Waals surface area contributed by atoms with Gasteiger partial charge in [0.05, 0.1) is 18.4 Å². The van der Waals surface area contributed by atoms with Crippen molar-refractivity contribution in [3.8, 4) is 0 Å². The summed E-state index contributed by atoms with van der Waals surface area (Å²) >= 11 is 0. The van der Waals surface area contributed by atoms with Gasteiger partial charge < -0.3 is 9.52 Å². The monoisotopic (exact) mass is 310 g/mol. The topological polar surface area (TPSA) is 67.5 Å². The molecule has 118 valence electrons. The normalized spacial score (nSPS) is 22.6. The van der Waals surface area contributed by atoms with Crippen LogP contribution in [0.4, 0.5) is 0 Å². The number of furan rings is 1. The first-order valence-electron chi connectivity index (χ1n) is 7.92. The molecule has 0 saturated heterocycles. The van der Waals surface area contributed by atoms with Crippen molar-refractivity contribution in [3.05, 3.63) is 57.5 Å². The molecule has 0 saturated carbocycles. The van der Waals surface area contributed by atoms with Gasteiger partial charge in [-0.05, 0) is 48.9 Å². The molecule has 0 aliphatic heterocycles. The molecule has 4 nitrogen and oxygen atoms in total. The van der Waals surface area contributed by atoms with Gasteiger partial charge in [0.25, 0.3) is 0 Å². The van der Waals surface area contributed by atoms with Crippen LogP contribution in [0.15, 0.2) is 22.8 Å². The first kappa shape index (κ1) is 14.4. The number of carbonyl (C=O) groups is 2. The molecule has 4 heteroatoms. The first-order valence-corrected chi connectivity index (χ1v) is 7.92. The summed E-state index contributed by atoms with van der Waals surface area (Å²) in [5, 5.41) is 9.81. The fourth-order valence-electron chi connectivity index (χ4n) is 4.02. The van der Waals surface area contributed by atoms with Gasteiger partial charge in [0.2, 0.25) is 5.78 Å². The molecule has 1 aromatic carbocycles. The molecule has 0 spiro atoms. The number of hydrogen-bond donors (Lipinski definition) is 1. The fraction of sp³-hybridized carbons (Fsp3) is 0.368. The Morgan fingerprint density at radius 2 is 2.00 bits per heavy atom. The number of benzene rings is 1. The quantitative estimate of drug-likeness (QED) is 0.750. The Balaban J connectivity index is 2.00. The number of rotatable bonds is 1. The van der Waals surface area contributed by atoms with E-state index in [0.29, 0.717) is 22.3 Å². The Morgan fingerprint density at radius 1 is 1.22 bits per heavy atom. The highest BCUT2D eigenvalue weighted by Gasteiger charge is 2.40. The highest BCUT2D eigenvalue weighted by molar-refractivity contribution is 6.28. The third-order valence-electron chi connectivity index (χ3n) is 5.35. The fourth-order valence-corrected chi connectivity index (χ4v) is 4.02. The molecule has 1 aromatic heterocycles. The molecule has 0 bridgehead atoms. The maximum atomic E-state index is 12.9. The number of hydrogen-bond acceptors (Lipinski definition) is 4. The first-order chi connectivity index (χ1) is 11.0. The van der Waals surface area contributed by atoms with Crippen LogP contribution in [0, 0.1) is 6.92 Å². The van der Waals surface area contributed by atoms with E-state index >= 15 is 0 Å². The Hall–Kier alpha value is -2.20. The minimum absolute atomic E-state index is 0.0338. The third-order valence-corrected chi connectivity index (χ3v) is 5.35. The standard InChI is InChI=1S/C19H18O4/c1-10-8-23-18-14(10)16(21)12-5-6-13-11(15(12)17(18)22)4-3-7-19(13,2)9-20/h5-6,8,20H,3-4,7,9H2,1-2H3/t19-/m1/s1. The number of aryl methyl sites for hydroxylation is 1. The Labute approximate surface area is 134 Å². The maximum Gasteiger partial charge on any atom is 0.229 e. The lowest BCUT2D eigenvalue weighted by Gasteiger charge is -2.36. The average molecular weight is 310 g/mol. The van der Waals surface area contributed by atoms with Crippen LogP contribution in [0.2, 0.25) is 0 Å². The van der Waals surface area contributed by atoms with E-state index in [-0.39, 0.29) is 29.3 Å². The van der Waals surface area contributed by atoms with E-state index in [1.54, 1.807) is 13.0 Å². The van der Waals surface area contributed by atoms with E-state index in [1.165, 1.54) is 6.26 Å². The maximum absolute atomic E-state index is 12.9. The van der Waals surface area contributed by atoms with Gasteiger partial charge in [-0.3, -0.25) is 9.59 Å². The predicted octanol–water partition coefficient (Wildman–Crippen LogP) is 2.95. The van der Waals surface area contributed by atoms with Gasteiger partial charge in [-0.15, -0.1) is 0 Å². The number of fused-ring (bicyclic) bond motifs is 4. The molecule has 2 aliphatic rings. The minimum atomic E-state index is -0.356. The number of ketones is 2. The van der Waals surface area contributed by atoms with E-state index < -0.39 is 0 Å². The molecular weight excluding hydrogens is 292 g/mol. The van der Waals surface area contributed by atoms with Crippen molar-refractivity contribution >= 4 is 11.6 Å². The van der Waals surface area contributed by atoms with Gasteiger partial charge in [-0.2, -0.15) is 0 Å². The molecular formula is C19H18O4. The second-order valence-corrected chi connectivity index (χ2v) is 6.87. The van der Waals surface area contributed by atoms with Crippen molar-refractivity contribution in [3.63, 3.8) is 0 Å². The van der Waals surface area contributed by atoms with E-state index in [1.807, 2.05) is 13.0 Å². The summed E-state index contributed by atoms with van der Waals surface area (Å²) in [7, 11) is 0. The molecule has 23 heavy (non-hydrogen) atoms. The number of carbonyl (C=O) groups excluding carboxylic acids is 2. The predicted molar refractivity (Wildman–Crippen MR) is 84.1 cm³/mol. The molecule has 1 heterocycles. The molecule has 0 amide bonds. The van der Waals surface area contributed by atoms with E-state index in [9.17, 15) is 14.7 Å². The SMILES string of the molecule is Cc1coc2c1C(=O)c1ccc3c(c1C2=O)CCC[C@]3(C)CO. The summed E-state index contributed by atoms with van der Waals surface area (Å²) in [4.78, 5) is 25.7. The van der Waals surface area contributed by atoms with Gasteiger partial charge in [0.15, 0.2) is 11.5 Å². The average Bonchev–Trinajstić information content (AvgIpc) is 2.94. The Kier molecular flexibility index (Phi) is 2.91. The zero-order valence-electron chi connectivity index (χ0n) is 13.2. The second kappa shape index (κ2) is 4.65. The molecule has 2 aliphatic carbocycles. The minimum Gasteiger partial charge on any atom is -0.460 e. The molecule has 1 N–H and O–H groups in total. The van der Waals surface area contributed by atoms with Crippen molar-refractivity contribution in [2.45, 2.75) is 38.5 Å². The van der Waals surface area contributed by atoms with Gasteiger partial charge in [-0.1, -0.05) is 13.0 Å². The summed E-state index contributed by atoms with van der Waals surface area (Å²) in [6, 6.07) is 3.65. The van der Waals surface area contributed by atoms with Crippen molar-refractivity contribution in [2.24, 2.45) is 0 Å². The number of aliphatic hydroxyl groups is 1. The van der Waals surface area contributed by atoms with Gasteiger partial charge in [0.1, 0.15) is 0 Å². The van der Waals surface area contributed by atoms with Crippen molar-refractivity contribution in [2.75, 3.05) is 6.61 Å². The Morgan fingerprint density at radius 3 is 2.74 bits per heavy atom. The van der Waals surface area contributed by atoms with Crippen LogP contribution >= 0.6 is 0 Å². The smallest absolute Gasteiger partial charge is 0.229 e. The summed E-state index contributed by atoms with van der Waals surface area (Å²) in [5.74, 6) is -0.189. The summed E-state index contributed by atoms with van der Waals surface area (Å²) < 4.78 is 5.38. The third kappa shape index (κ3) is 1.75. The van der Waals surface area contributed by atoms with E-state index in [2.05, 4.69) is 0 Å².